The number of hydrogen-bond donors (Lipinski definition) is 1. The van der Waals surface area contributed by atoms with Crippen LogP contribution in [0.1, 0.15) is 18.1 Å². The number of nitrogens with one attached hydrogen (secondary N) is 1. The third kappa shape index (κ3) is 4.24. The molecular weight excluding hydrogens is 440 g/mol. The van der Waals surface area contributed by atoms with Crippen molar-refractivity contribution in [3.05, 3.63) is 83.6 Å². The lowest BCUT2D eigenvalue weighted by molar-refractivity contribution is -0.111. The molecule has 0 radical (unpaired) electrons. The third-order valence-corrected chi connectivity index (χ3v) is 5.61. The van der Waals surface area contributed by atoms with Gasteiger partial charge < -0.3 is 19.2 Å². The van der Waals surface area contributed by atoms with Crippen LogP contribution < -0.4 is 14.8 Å². The molecule has 174 valence electrons. The first kappa shape index (κ1) is 23.0. The second kappa shape index (κ2) is 9.39. The van der Waals surface area contributed by atoms with E-state index in [-0.39, 0.29) is 5.69 Å². The first-order chi connectivity index (χ1) is 16.3. The van der Waals surface area contributed by atoms with E-state index in [2.05, 4.69) is 5.32 Å². The fourth-order valence-electron chi connectivity index (χ4n) is 3.98. The maximum atomic E-state index is 13.9. The van der Waals surface area contributed by atoms with Crippen molar-refractivity contribution in [2.75, 3.05) is 19.5 Å². The summed E-state index contributed by atoms with van der Waals surface area (Å²) in [6.45, 7) is 3.63. The van der Waals surface area contributed by atoms with Gasteiger partial charge in [-0.05, 0) is 43.7 Å². The third-order valence-electron chi connectivity index (χ3n) is 5.61. The molecule has 0 aliphatic rings. The van der Waals surface area contributed by atoms with E-state index in [4.69, 9.17) is 13.9 Å². The monoisotopic (exact) mass is 463 g/mol. The van der Waals surface area contributed by atoms with E-state index in [0.717, 1.165) is 28.1 Å². The number of rotatable bonds is 6. The first-order valence-corrected chi connectivity index (χ1v) is 10.5. The molecule has 0 unspecified atom stereocenters. The van der Waals surface area contributed by atoms with Crippen molar-refractivity contribution in [3.8, 4) is 22.6 Å². The van der Waals surface area contributed by atoms with E-state index in [0.29, 0.717) is 34.3 Å². The molecule has 0 aliphatic heterocycles. The molecule has 0 atom stereocenters. The summed E-state index contributed by atoms with van der Waals surface area (Å²) < 4.78 is 44.1. The molecule has 0 aliphatic carbocycles. The van der Waals surface area contributed by atoms with Crippen molar-refractivity contribution in [1.29, 1.82) is 0 Å². The molecule has 4 rings (SSSR count). The maximum absolute atomic E-state index is 13.9. The van der Waals surface area contributed by atoms with Gasteiger partial charge in [0.1, 0.15) is 28.7 Å². The van der Waals surface area contributed by atoms with Gasteiger partial charge >= 0.3 is 0 Å². The minimum atomic E-state index is -0.853. The van der Waals surface area contributed by atoms with E-state index in [1.165, 1.54) is 12.1 Å². The number of furan rings is 1. The molecule has 3 aromatic carbocycles. The highest BCUT2D eigenvalue weighted by atomic mass is 19.1. The van der Waals surface area contributed by atoms with Crippen molar-refractivity contribution >= 4 is 28.1 Å². The number of halogens is 2. The number of methoxy groups -OCH3 is 2. The quantitative estimate of drug-likeness (QED) is 0.322. The van der Waals surface area contributed by atoms with Gasteiger partial charge in [-0.25, -0.2) is 8.78 Å². The van der Waals surface area contributed by atoms with E-state index >= 15 is 0 Å². The Morgan fingerprint density at radius 3 is 2.50 bits per heavy atom. The largest absolute Gasteiger partial charge is 0.496 e. The summed E-state index contributed by atoms with van der Waals surface area (Å²) in [5, 5.41) is 3.27. The lowest BCUT2D eigenvalue weighted by atomic mass is 9.96. The highest BCUT2D eigenvalue weighted by Gasteiger charge is 2.20. The second-order valence-electron chi connectivity index (χ2n) is 7.75. The van der Waals surface area contributed by atoms with E-state index in [1.54, 1.807) is 27.4 Å². The van der Waals surface area contributed by atoms with E-state index in [1.807, 2.05) is 37.3 Å². The molecule has 1 N–H and O–H groups in total. The van der Waals surface area contributed by atoms with Gasteiger partial charge in [-0.3, -0.25) is 4.79 Å². The molecule has 34 heavy (non-hydrogen) atoms. The number of ether oxygens (including phenoxy) is 2. The zero-order valence-corrected chi connectivity index (χ0v) is 19.2. The second-order valence-corrected chi connectivity index (χ2v) is 7.75. The Balaban J connectivity index is 1.78. The van der Waals surface area contributed by atoms with Gasteiger partial charge in [0.15, 0.2) is 0 Å². The Morgan fingerprint density at radius 2 is 1.79 bits per heavy atom. The lowest BCUT2D eigenvalue weighted by Crippen LogP contribution is -2.10. The molecule has 0 bridgehead atoms. The minimum absolute atomic E-state index is 0.109. The number of benzene rings is 3. The van der Waals surface area contributed by atoms with Crippen molar-refractivity contribution in [3.63, 3.8) is 0 Å². The summed E-state index contributed by atoms with van der Waals surface area (Å²) in [6.07, 6.45) is 3.01. The molecule has 1 amide bonds. The van der Waals surface area contributed by atoms with Crippen LogP contribution in [0.25, 0.3) is 27.7 Å². The standard InChI is InChI=1S/C27H23F2NO4/c1-15(11-25(31)30-23-10-9-17(28)12-22(23)29)19-13-20-21(18-7-5-6-8-24(18)32-3)14-34-27(20)16(2)26(19)33-4/h5-14H,1-4H3,(H,30,31)/b15-11+. The Kier molecular flexibility index (Phi) is 6.36. The summed E-state index contributed by atoms with van der Waals surface area (Å²) in [4.78, 5) is 12.6. The smallest absolute Gasteiger partial charge is 0.248 e. The summed E-state index contributed by atoms with van der Waals surface area (Å²) in [7, 11) is 3.15. The van der Waals surface area contributed by atoms with Crippen molar-refractivity contribution < 1.29 is 27.5 Å². The summed E-state index contributed by atoms with van der Waals surface area (Å²) in [5.41, 5.74) is 4.30. The molecular formula is C27H23F2NO4. The highest BCUT2D eigenvalue weighted by molar-refractivity contribution is 6.06. The van der Waals surface area contributed by atoms with Gasteiger partial charge in [0.2, 0.25) is 5.91 Å². The zero-order valence-electron chi connectivity index (χ0n) is 19.2. The SMILES string of the molecule is COc1ccccc1-c1coc2c(C)c(OC)c(/C(C)=C/C(=O)Nc3ccc(F)cc3F)cc12. The number of hydrogen-bond acceptors (Lipinski definition) is 4. The average molecular weight is 463 g/mol. The number of aryl methyl sites for hydroxylation is 1. The molecule has 1 heterocycles. The first-order valence-electron chi connectivity index (χ1n) is 10.5. The minimum Gasteiger partial charge on any atom is -0.496 e. The lowest BCUT2D eigenvalue weighted by Gasteiger charge is -2.14. The number of amides is 1. The van der Waals surface area contributed by atoms with Crippen LogP contribution in [-0.4, -0.2) is 20.1 Å². The van der Waals surface area contributed by atoms with Crippen molar-refractivity contribution in [2.45, 2.75) is 13.8 Å². The van der Waals surface area contributed by atoms with Crippen LogP contribution in [-0.2, 0) is 4.79 Å². The van der Waals surface area contributed by atoms with Crippen LogP contribution in [0.3, 0.4) is 0 Å². The number of fused-ring (bicyclic) bond motifs is 1. The highest BCUT2D eigenvalue weighted by Crippen LogP contribution is 2.42. The summed E-state index contributed by atoms with van der Waals surface area (Å²) in [6, 6.07) is 12.5. The molecule has 4 aromatic rings. The van der Waals surface area contributed by atoms with Gasteiger partial charge in [-0.2, -0.15) is 0 Å². The molecule has 1 aromatic heterocycles. The van der Waals surface area contributed by atoms with Gasteiger partial charge in [0, 0.05) is 39.8 Å². The molecule has 5 nitrogen and oxygen atoms in total. The number of carbonyl (C=O) groups is 1. The molecule has 0 spiro atoms. The van der Waals surface area contributed by atoms with Gasteiger partial charge in [0.25, 0.3) is 0 Å². The number of anilines is 1. The van der Waals surface area contributed by atoms with Crippen LogP contribution >= 0.6 is 0 Å². The Hall–Kier alpha value is -4.13. The topological polar surface area (TPSA) is 60.7 Å². The predicted octanol–water partition coefficient (Wildman–Crippen LogP) is 6.75. The molecule has 7 heteroatoms. The molecule has 0 saturated heterocycles. The van der Waals surface area contributed by atoms with E-state index < -0.39 is 17.5 Å². The van der Waals surface area contributed by atoms with Crippen molar-refractivity contribution in [1.82, 2.24) is 0 Å². The van der Waals surface area contributed by atoms with Crippen molar-refractivity contribution in [2.24, 2.45) is 0 Å². The van der Waals surface area contributed by atoms with Crippen LogP contribution in [0.15, 0.2) is 65.3 Å². The van der Waals surface area contributed by atoms with Gasteiger partial charge in [-0.15, -0.1) is 0 Å². The molecule has 0 saturated carbocycles. The summed E-state index contributed by atoms with van der Waals surface area (Å²) >= 11 is 0. The van der Waals surface area contributed by atoms with Crippen LogP contribution in [0.2, 0.25) is 0 Å². The molecule has 0 fully saturated rings. The average Bonchev–Trinajstić information content (AvgIpc) is 3.25. The Bertz CT molecular complexity index is 1420. The van der Waals surface area contributed by atoms with E-state index in [9.17, 15) is 13.6 Å². The number of carbonyl (C=O) groups excluding carboxylic acids is 1. The maximum Gasteiger partial charge on any atom is 0.248 e. The van der Waals surface area contributed by atoms with Gasteiger partial charge in [0.05, 0.1) is 26.2 Å². The van der Waals surface area contributed by atoms with Crippen LogP contribution in [0, 0.1) is 18.6 Å². The Labute approximate surface area is 195 Å². The normalized spacial score (nSPS) is 11.5. The van der Waals surface area contributed by atoms with Gasteiger partial charge in [-0.1, -0.05) is 18.2 Å². The number of allylic oxidation sites excluding steroid dienone is 1. The predicted molar refractivity (Wildman–Crippen MR) is 128 cm³/mol. The fourth-order valence-corrected chi connectivity index (χ4v) is 3.98. The summed E-state index contributed by atoms with van der Waals surface area (Å²) in [5.74, 6) is -0.869. The van der Waals surface area contributed by atoms with Crippen LogP contribution in [0.5, 0.6) is 11.5 Å². The fraction of sp³-hybridized carbons (Fsp3) is 0.148. The number of para-hydroxylation sites is 1. The van der Waals surface area contributed by atoms with Crippen LogP contribution in [0.4, 0.5) is 14.5 Å². The Morgan fingerprint density at radius 1 is 1.03 bits per heavy atom. The zero-order chi connectivity index (χ0) is 24.4.